The summed E-state index contributed by atoms with van der Waals surface area (Å²) in [6.45, 7) is -1.59. The zero-order valence-electron chi connectivity index (χ0n) is 29.5. The van der Waals surface area contributed by atoms with Gasteiger partial charge in [0.05, 0.1) is 61.5 Å². The molecule has 0 radical (unpaired) electrons. The number of carbonyl (C=O) groups excluding carboxylic acids is 3. The molecule has 5 atom stereocenters. The van der Waals surface area contributed by atoms with Crippen molar-refractivity contribution in [3.05, 3.63) is 108 Å². The lowest BCUT2D eigenvalue weighted by atomic mass is 9.97. The Morgan fingerprint density at radius 2 is 1.09 bits per heavy atom. The summed E-state index contributed by atoms with van der Waals surface area (Å²) < 4.78 is 60.0. The van der Waals surface area contributed by atoms with Crippen LogP contribution in [-0.2, 0) is 46.6 Å². The molecule has 3 aromatic carbocycles. The molecule has 1 fully saturated rings. The van der Waals surface area contributed by atoms with Gasteiger partial charge in [0, 0.05) is 13.0 Å². The fraction of sp³-hybridized carbons (Fsp3) is 0.368. The molecule has 17 heteroatoms. The molecule has 1 saturated heterocycles. The van der Waals surface area contributed by atoms with Gasteiger partial charge in [-0.15, -0.1) is 0 Å². The number of nitrogens with zero attached hydrogens (tertiary/aromatic N) is 2. The van der Waals surface area contributed by atoms with Crippen LogP contribution in [-0.4, -0.2) is 86.1 Å². The number of rotatable bonds is 21. The number of aliphatic carboxylic acids is 1. The average molecular weight is 779 g/mol. The molecule has 1 aliphatic heterocycles. The number of carboxylic acids is 1. The number of benzene rings is 3. The highest BCUT2D eigenvalue weighted by Crippen LogP contribution is 2.50. The maximum absolute atomic E-state index is 13.7. The molecule has 4 rings (SSSR count). The van der Waals surface area contributed by atoms with Gasteiger partial charge in [-0.25, -0.2) is 18.9 Å². The molecule has 3 aromatic rings. The third-order valence-corrected chi connectivity index (χ3v) is 9.20. The second kappa shape index (κ2) is 22.1. The van der Waals surface area contributed by atoms with Crippen molar-refractivity contribution in [3.63, 3.8) is 0 Å². The van der Waals surface area contributed by atoms with Crippen LogP contribution in [0.25, 0.3) is 0 Å². The summed E-state index contributed by atoms with van der Waals surface area (Å²) in [5.74, 6) is -3.70. The van der Waals surface area contributed by atoms with E-state index >= 15 is 0 Å². The van der Waals surface area contributed by atoms with Crippen molar-refractivity contribution < 1.29 is 66.1 Å². The number of esters is 3. The zero-order valence-corrected chi connectivity index (χ0v) is 30.4. The van der Waals surface area contributed by atoms with Crippen LogP contribution in [0.2, 0.25) is 0 Å². The number of carbonyl (C=O) groups is 4. The zero-order chi connectivity index (χ0) is 39.5. The van der Waals surface area contributed by atoms with Gasteiger partial charge >= 0.3 is 31.7 Å². The van der Waals surface area contributed by atoms with Gasteiger partial charge in [-0.2, -0.15) is 10.5 Å². The van der Waals surface area contributed by atoms with E-state index in [-0.39, 0.29) is 68.6 Å². The third kappa shape index (κ3) is 13.4. The van der Waals surface area contributed by atoms with Crippen molar-refractivity contribution in [2.24, 2.45) is 0 Å². The molecule has 16 nitrogen and oxygen atoms in total. The minimum Gasteiger partial charge on any atom is -0.481 e. The predicted molar refractivity (Wildman–Crippen MR) is 189 cm³/mol. The number of nitriles is 2. The second-order valence-corrected chi connectivity index (χ2v) is 13.4. The van der Waals surface area contributed by atoms with Crippen molar-refractivity contribution in [2.45, 2.75) is 62.8 Å². The maximum Gasteiger partial charge on any atom is 0.474 e. The van der Waals surface area contributed by atoms with Gasteiger partial charge in [-0.3, -0.25) is 18.4 Å². The molecule has 0 bridgehead atoms. The topological polar surface area (TPSA) is 227 Å². The summed E-state index contributed by atoms with van der Waals surface area (Å²) in [4.78, 5) is 52.0. The van der Waals surface area contributed by atoms with Crippen LogP contribution in [0.5, 0.6) is 0 Å². The van der Waals surface area contributed by atoms with E-state index < -0.39 is 69.0 Å². The van der Waals surface area contributed by atoms with Gasteiger partial charge < -0.3 is 28.8 Å². The maximum atomic E-state index is 13.7. The highest BCUT2D eigenvalue weighted by molar-refractivity contribution is 7.48. The molecule has 55 heavy (non-hydrogen) atoms. The Morgan fingerprint density at radius 3 is 1.55 bits per heavy atom. The summed E-state index contributed by atoms with van der Waals surface area (Å²) in [5.41, 5.74) is 0.301. The molecule has 0 aliphatic carbocycles. The third-order valence-electron chi connectivity index (χ3n) is 7.74. The summed E-state index contributed by atoms with van der Waals surface area (Å²) in [5, 5.41) is 27.1. The SMILES string of the molecule is N#CCCOP(=O)(OCCC#N)OCC1O[C@H](OCCCCC(=O)O)C(OC(=O)c2ccccc2)[C@@H](OC(=O)c2ccccc2)[C@@H]1OC(=O)c1ccccc1. The monoisotopic (exact) mass is 778 g/mol. The lowest BCUT2D eigenvalue weighted by Gasteiger charge is -2.44. The first-order chi connectivity index (χ1) is 26.6. The van der Waals surface area contributed by atoms with E-state index in [4.69, 9.17) is 52.9 Å². The number of ether oxygens (including phenoxy) is 5. The van der Waals surface area contributed by atoms with E-state index in [1.54, 1.807) is 54.6 Å². The van der Waals surface area contributed by atoms with Gasteiger partial charge in [-0.1, -0.05) is 54.6 Å². The molecule has 2 unspecified atom stereocenters. The highest BCUT2D eigenvalue weighted by atomic mass is 31.2. The number of phosphoric acid groups is 1. The first-order valence-electron chi connectivity index (χ1n) is 17.2. The lowest BCUT2D eigenvalue weighted by molar-refractivity contribution is -0.298. The van der Waals surface area contributed by atoms with Crippen LogP contribution < -0.4 is 0 Å². The molecular weight excluding hydrogens is 739 g/mol. The van der Waals surface area contributed by atoms with Crippen molar-refractivity contribution in [3.8, 4) is 12.1 Å². The van der Waals surface area contributed by atoms with Crippen molar-refractivity contribution in [2.75, 3.05) is 26.4 Å². The summed E-state index contributed by atoms with van der Waals surface area (Å²) in [6.07, 6.45) is -8.07. The number of carboxylic acid groups (broad SMARTS) is 1. The fourth-order valence-corrected chi connectivity index (χ4v) is 6.29. The van der Waals surface area contributed by atoms with Gasteiger partial charge in [0.1, 0.15) is 6.10 Å². The number of phosphoric ester groups is 1. The Hall–Kier alpha value is -5.45. The van der Waals surface area contributed by atoms with E-state index in [0.29, 0.717) is 0 Å². The molecule has 1 aliphatic rings. The Bertz CT molecular complexity index is 1810. The van der Waals surface area contributed by atoms with E-state index in [0.717, 1.165) is 0 Å². The molecule has 0 amide bonds. The number of unbranched alkanes of at least 4 members (excludes halogenated alkanes) is 1. The minimum atomic E-state index is -4.51. The average Bonchev–Trinajstić information content (AvgIpc) is 3.20. The summed E-state index contributed by atoms with van der Waals surface area (Å²) in [6, 6.07) is 27.1. The van der Waals surface area contributed by atoms with Crippen LogP contribution in [0.15, 0.2) is 91.0 Å². The van der Waals surface area contributed by atoms with Crippen LogP contribution in [0, 0.1) is 22.7 Å². The van der Waals surface area contributed by atoms with Crippen molar-refractivity contribution in [1.29, 1.82) is 10.5 Å². The van der Waals surface area contributed by atoms with E-state index in [2.05, 4.69) is 0 Å². The first-order valence-corrected chi connectivity index (χ1v) is 18.6. The van der Waals surface area contributed by atoms with Gasteiger partial charge in [0.2, 0.25) is 0 Å². The van der Waals surface area contributed by atoms with E-state index in [1.165, 1.54) is 36.4 Å². The van der Waals surface area contributed by atoms with Crippen LogP contribution in [0.1, 0.15) is 63.2 Å². The molecular formula is C38H39N2O14P. The second-order valence-electron chi connectivity index (χ2n) is 11.7. The Morgan fingerprint density at radius 1 is 0.636 bits per heavy atom. The first kappa shape index (κ1) is 42.3. The Labute approximate surface area is 317 Å². The quantitative estimate of drug-likeness (QED) is 0.0597. The van der Waals surface area contributed by atoms with Gasteiger partial charge in [0.25, 0.3) is 0 Å². The van der Waals surface area contributed by atoms with Gasteiger partial charge in [-0.05, 0) is 49.2 Å². The molecule has 290 valence electrons. The van der Waals surface area contributed by atoms with E-state index in [9.17, 15) is 23.7 Å². The lowest BCUT2D eigenvalue weighted by Crippen LogP contribution is -2.63. The summed E-state index contributed by atoms with van der Waals surface area (Å²) >= 11 is 0. The number of hydrogen-bond donors (Lipinski definition) is 1. The Kier molecular flexibility index (Phi) is 17.0. The normalized spacial score (nSPS) is 19.3. The number of hydrogen-bond acceptors (Lipinski definition) is 15. The largest absolute Gasteiger partial charge is 0.481 e. The fourth-order valence-electron chi connectivity index (χ4n) is 5.11. The van der Waals surface area contributed by atoms with Crippen LogP contribution in [0.4, 0.5) is 0 Å². The molecule has 1 heterocycles. The van der Waals surface area contributed by atoms with Gasteiger partial charge in [0.15, 0.2) is 24.6 Å². The molecule has 0 spiro atoms. The predicted octanol–water partition coefficient (Wildman–Crippen LogP) is 5.64. The summed E-state index contributed by atoms with van der Waals surface area (Å²) in [7, 11) is -4.51. The highest BCUT2D eigenvalue weighted by Gasteiger charge is 2.54. The molecule has 0 aromatic heterocycles. The van der Waals surface area contributed by atoms with Crippen molar-refractivity contribution in [1.82, 2.24) is 0 Å². The Balaban J connectivity index is 1.77. The standard InChI is InChI=1S/C38H39N2O14P/c39-21-12-24-48-55(46,49-25-13-22-40)50-26-30-32(52-35(43)27-14-4-1-5-15-27)33(53-36(44)28-16-6-2-7-17-28)34(54-37(45)29-18-8-3-9-19-29)38(51-30)47-23-11-10-20-31(41)42/h1-9,14-19,30,32-34,38H,10-13,20,23-26H2,(H,41,42)/t30?,32-,33+,34?,38+/m1/s1. The minimum absolute atomic E-state index is 0.0929. The van der Waals surface area contributed by atoms with Crippen LogP contribution in [0.3, 0.4) is 0 Å². The van der Waals surface area contributed by atoms with E-state index in [1.807, 2.05) is 12.1 Å². The van der Waals surface area contributed by atoms with Crippen molar-refractivity contribution >= 4 is 31.7 Å². The molecule has 1 N–H and O–H groups in total. The molecule has 0 saturated carbocycles. The van der Waals surface area contributed by atoms with Crippen LogP contribution >= 0.6 is 7.82 Å². The smallest absolute Gasteiger partial charge is 0.474 e.